The number of nitrogens with zero attached hydrogens (tertiary/aromatic N) is 2. The molecule has 2 unspecified atom stereocenters. The van der Waals surface area contributed by atoms with Gasteiger partial charge in [-0.2, -0.15) is 0 Å². The Bertz CT molecular complexity index is 290. The summed E-state index contributed by atoms with van der Waals surface area (Å²) in [5, 5.41) is 9.52. The summed E-state index contributed by atoms with van der Waals surface area (Å²) < 4.78 is 0. The maximum Gasteiger partial charge on any atom is 0.240 e. The SMILES string of the molecule is CC(C)CC(C(=O)N(C)C(CO)C(C)C)N(C)C(C)C. The number of aliphatic hydroxyl groups excluding tert-OH is 1. The van der Waals surface area contributed by atoms with Crippen molar-refractivity contribution in [1.29, 1.82) is 0 Å². The van der Waals surface area contributed by atoms with Crippen LogP contribution in [0, 0.1) is 11.8 Å². The molecule has 0 aromatic rings. The smallest absolute Gasteiger partial charge is 0.240 e. The van der Waals surface area contributed by atoms with Crippen molar-refractivity contribution in [2.75, 3.05) is 20.7 Å². The summed E-state index contributed by atoms with van der Waals surface area (Å²) in [6.07, 6.45) is 0.841. The average molecular weight is 286 g/mol. The van der Waals surface area contributed by atoms with Crippen molar-refractivity contribution in [2.24, 2.45) is 11.8 Å². The van der Waals surface area contributed by atoms with E-state index in [-0.39, 0.29) is 30.5 Å². The summed E-state index contributed by atoms with van der Waals surface area (Å²) in [6, 6.07) is 0.0910. The lowest BCUT2D eigenvalue weighted by Gasteiger charge is -2.37. The Labute approximate surface area is 125 Å². The van der Waals surface area contributed by atoms with Gasteiger partial charge in [0.05, 0.1) is 18.7 Å². The van der Waals surface area contributed by atoms with E-state index in [0.717, 1.165) is 6.42 Å². The number of hydrogen-bond acceptors (Lipinski definition) is 3. The molecule has 0 heterocycles. The van der Waals surface area contributed by atoms with Gasteiger partial charge in [0.2, 0.25) is 5.91 Å². The fourth-order valence-corrected chi connectivity index (χ4v) is 2.43. The Morgan fingerprint density at radius 1 is 1.05 bits per heavy atom. The summed E-state index contributed by atoms with van der Waals surface area (Å²) in [5.41, 5.74) is 0. The molecule has 1 amide bonds. The molecule has 0 rings (SSSR count). The zero-order valence-electron chi connectivity index (χ0n) is 14.6. The first-order valence-electron chi connectivity index (χ1n) is 7.72. The quantitative estimate of drug-likeness (QED) is 0.744. The average Bonchev–Trinajstić information content (AvgIpc) is 2.34. The number of carbonyl (C=O) groups excluding carboxylic acids is 1. The highest BCUT2D eigenvalue weighted by Gasteiger charge is 2.32. The molecule has 0 saturated carbocycles. The number of carbonyl (C=O) groups is 1. The Morgan fingerprint density at radius 3 is 1.85 bits per heavy atom. The maximum absolute atomic E-state index is 12.8. The van der Waals surface area contributed by atoms with Gasteiger partial charge in [-0.1, -0.05) is 27.7 Å². The van der Waals surface area contributed by atoms with Crippen LogP contribution < -0.4 is 0 Å². The van der Waals surface area contributed by atoms with Crippen LogP contribution in [-0.2, 0) is 4.79 Å². The molecular weight excluding hydrogens is 252 g/mol. The normalized spacial score (nSPS) is 15.2. The Kier molecular flexibility index (Phi) is 8.36. The van der Waals surface area contributed by atoms with Gasteiger partial charge in [0.25, 0.3) is 0 Å². The van der Waals surface area contributed by atoms with Gasteiger partial charge in [0.15, 0.2) is 0 Å². The van der Waals surface area contributed by atoms with Gasteiger partial charge in [-0.15, -0.1) is 0 Å². The van der Waals surface area contributed by atoms with E-state index in [1.165, 1.54) is 0 Å². The minimum Gasteiger partial charge on any atom is -0.394 e. The highest BCUT2D eigenvalue weighted by molar-refractivity contribution is 5.82. The van der Waals surface area contributed by atoms with Gasteiger partial charge in [-0.05, 0) is 39.2 Å². The molecule has 2 atom stereocenters. The molecular formula is C16H34N2O2. The van der Waals surface area contributed by atoms with Gasteiger partial charge < -0.3 is 10.0 Å². The summed E-state index contributed by atoms with van der Waals surface area (Å²) >= 11 is 0. The maximum atomic E-state index is 12.8. The van der Waals surface area contributed by atoms with E-state index < -0.39 is 0 Å². The standard InChI is InChI=1S/C16H34N2O2/c1-11(2)9-14(17(7)13(5)6)16(20)18(8)15(10-19)12(3)4/h11-15,19H,9-10H2,1-8H3. The third-order valence-corrected chi connectivity index (χ3v) is 4.09. The van der Waals surface area contributed by atoms with Gasteiger partial charge >= 0.3 is 0 Å². The molecule has 0 aliphatic rings. The minimum absolute atomic E-state index is 0.0136. The van der Waals surface area contributed by atoms with Crippen LogP contribution in [0.15, 0.2) is 0 Å². The van der Waals surface area contributed by atoms with E-state index in [1.807, 2.05) is 27.9 Å². The predicted octanol–water partition coefficient (Wildman–Crippen LogP) is 2.22. The molecule has 0 saturated heterocycles. The second-order valence-electron chi connectivity index (χ2n) is 6.85. The number of hydrogen-bond donors (Lipinski definition) is 1. The van der Waals surface area contributed by atoms with Crippen molar-refractivity contribution in [3.05, 3.63) is 0 Å². The van der Waals surface area contributed by atoms with Crippen LogP contribution in [0.4, 0.5) is 0 Å². The largest absolute Gasteiger partial charge is 0.394 e. The Morgan fingerprint density at radius 2 is 1.55 bits per heavy atom. The molecule has 0 aromatic carbocycles. The van der Waals surface area contributed by atoms with Gasteiger partial charge in [-0.25, -0.2) is 0 Å². The molecule has 4 heteroatoms. The molecule has 0 aliphatic heterocycles. The molecule has 0 fully saturated rings. The summed E-state index contributed by atoms with van der Waals surface area (Å²) in [6.45, 7) is 12.6. The van der Waals surface area contributed by atoms with E-state index in [0.29, 0.717) is 12.0 Å². The first-order valence-corrected chi connectivity index (χ1v) is 7.72. The molecule has 4 nitrogen and oxygen atoms in total. The van der Waals surface area contributed by atoms with Crippen LogP contribution in [0.5, 0.6) is 0 Å². The zero-order valence-corrected chi connectivity index (χ0v) is 14.6. The minimum atomic E-state index is -0.118. The lowest BCUT2D eigenvalue weighted by Crippen LogP contribution is -2.53. The lowest BCUT2D eigenvalue weighted by atomic mass is 9.98. The van der Waals surface area contributed by atoms with E-state index in [2.05, 4.69) is 32.6 Å². The third kappa shape index (κ3) is 5.41. The fraction of sp³-hybridized carbons (Fsp3) is 0.938. The number of likely N-dealkylation sites (N-methyl/N-ethyl adjacent to an activating group) is 2. The lowest BCUT2D eigenvalue weighted by molar-refractivity contribution is -0.140. The molecule has 1 N–H and O–H groups in total. The molecule has 120 valence electrons. The van der Waals surface area contributed by atoms with Crippen LogP contribution in [0.2, 0.25) is 0 Å². The fourth-order valence-electron chi connectivity index (χ4n) is 2.43. The molecule has 0 aromatic heterocycles. The van der Waals surface area contributed by atoms with Crippen LogP contribution in [0.1, 0.15) is 48.0 Å². The molecule has 20 heavy (non-hydrogen) atoms. The van der Waals surface area contributed by atoms with Crippen LogP contribution >= 0.6 is 0 Å². The number of rotatable bonds is 8. The van der Waals surface area contributed by atoms with Gasteiger partial charge in [0, 0.05) is 13.1 Å². The molecule has 0 bridgehead atoms. The Balaban J connectivity index is 5.11. The highest BCUT2D eigenvalue weighted by Crippen LogP contribution is 2.18. The molecule has 0 spiro atoms. The zero-order chi connectivity index (χ0) is 16.0. The van der Waals surface area contributed by atoms with E-state index in [1.54, 1.807) is 4.90 Å². The number of amides is 1. The summed E-state index contributed by atoms with van der Waals surface area (Å²) in [7, 11) is 3.82. The third-order valence-electron chi connectivity index (χ3n) is 4.09. The van der Waals surface area contributed by atoms with Gasteiger partial charge in [-0.3, -0.25) is 9.69 Å². The van der Waals surface area contributed by atoms with Crippen molar-refractivity contribution in [1.82, 2.24) is 9.80 Å². The Hall–Kier alpha value is -0.610. The number of aliphatic hydroxyl groups is 1. The topological polar surface area (TPSA) is 43.8 Å². The molecule has 0 aliphatic carbocycles. The second-order valence-corrected chi connectivity index (χ2v) is 6.85. The second kappa shape index (κ2) is 8.63. The van der Waals surface area contributed by atoms with E-state index in [9.17, 15) is 9.90 Å². The van der Waals surface area contributed by atoms with Crippen LogP contribution in [-0.4, -0.2) is 59.6 Å². The molecule has 0 radical (unpaired) electrons. The van der Waals surface area contributed by atoms with Crippen molar-refractivity contribution in [3.8, 4) is 0 Å². The highest BCUT2D eigenvalue weighted by atomic mass is 16.3. The first-order chi connectivity index (χ1) is 9.13. The summed E-state index contributed by atoms with van der Waals surface area (Å²) in [5.74, 6) is 0.825. The van der Waals surface area contributed by atoms with Crippen molar-refractivity contribution < 1.29 is 9.90 Å². The van der Waals surface area contributed by atoms with E-state index >= 15 is 0 Å². The monoisotopic (exact) mass is 286 g/mol. The van der Waals surface area contributed by atoms with Crippen molar-refractivity contribution in [2.45, 2.75) is 66.1 Å². The van der Waals surface area contributed by atoms with E-state index in [4.69, 9.17) is 0 Å². The van der Waals surface area contributed by atoms with Crippen LogP contribution in [0.25, 0.3) is 0 Å². The van der Waals surface area contributed by atoms with Gasteiger partial charge in [0.1, 0.15) is 0 Å². The van der Waals surface area contributed by atoms with Crippen molar-refractivity contribution >= 4 is 5.91 Å². The van der Waals surface area contributed by atoms with Crippen molar-refractivity contribution in [3.63, 3.8) is 0 Å². The van der Waals surface area contributed by atoms with Crippen LogP contribution in [0.3, 0.4) is 0 Å². The predicted molar refractivity (Wildman–Crippen MR) is 84.6 cm³/mol. The first kappa shape index (κ1) is 19.4. The summed E-state index contributed by atoms with van der Waals surface area (Å²) in [4.78, 5) is 16.7.